The van der Waals surface area contributed by atoms with Crippen molar-refractivity contribution >= 4 is 11.8 Å². The Morgan fingerprint density at radius 2 is 1.83 bits per heavy atom. The van der Waals surface area contributed by atoms with E-state index in [1.54, 1.807) is 18.9 Å². The molecule has 0 spiro atoms. The van der Waals surface area contributed by atoms with Gasteiger partial charge in [-0.05, 0) is 17.7 Å². The molecule has 0 aliphatic heterocycles. The van der Waals surface area contributed by atoms with Gasteiger partial charge in [-0.2, -0.15) is 0 Å². The first kappa shape index (κ1) is 16.3. The molecular formula is C19H19N3OS. The van der Waals surface area contributed by atoms with Gasteiger partial charge in [-0.15, -0.1) is 16.8 Å². The molecule has 0 aliphatic rings. The molecule has 4 nitrogen and oxygen atoms in total. The maximum Gasteiger partial charge on any atom is 0.192 e. The Morgan fingerprint density at radius 3 is 2.58 bits per heavy atom. The van der Waals surface area contributed by atoms with Crippen LogP contribution in [-0.2, 0) is 12.3 Å². The van der Waals surface area contributed by atoms with E-state index in [1.165, 1.54) is 5.56 Å². The maximum absolute atomic E-state index is 5.46. The minimum absolute atomic E-state index is 0.650. The van der Waals surface area contributed by atoms with E-state index < -0.39 is 0 Å². The molecule has 0 saturated carbocycles. The molecule has 0 fully saturated rings. The van der Waals surface area contributed by atoms with Gasteiger partial charge in [-0.25, -0.2) is 0 Å². The van der Waals surface area contributed by atoms with Crippen LogP contribution >= 0.6 is 11.8 Å². The Balaban J connectivity index is 1.91. The van der Waals surface area contributed by atoms with Gasteiger partial charge in [0.25, 0.3) is 0 Å². The van der Waals surface area contributed by atoms with Crippen molar-refractivity contribution in [1.29, 1.82) is 0 Å². The van der Waals surface area contributed by atoms with Gasteiger partial charge < -0.3 is 4.74 Å². The predicted molar refractivity (Wildman–Crippen MR) is 98.2 cm³/mol. The van der Waals surface area contributed by atoms with Gasteiger partial charge >= 0.3 is 0 Å². The van der Waals surface area contributed by atoms with E-state index in [9.17, 15) is 0 Å². The second-order valence-corrected chi connectivity index (χ2v) is 6.12. The lowest BCUT2D eigenvalue weighted by atomic mass is 10.2. The molecular weight excluding hydrogens is 318 g/mol. The number of allylic oxidation sites excluding steroid dienone is 1. The summed E-state index contributed by atoms with van der Waals surface area (Å²) in [4.78, 5) is 0. The number of thioether (sulfide) groups is 1. The average molecular weight is 337 g/mol. The van der Waals surface area contributed by atoms with Gasteiger partial charge in [0.15, 0.2) is 11.0 Å². The van der Waals surface area contributed by atoms with E-state index in [2.05, 4.69) is 33.5 Å². The van der Waals surface area contributed by atoms with Crippen LogP contribution in [-0.4, -0.2) is 21.9 Å². The third-order valence-corrected chi connectivity index (χ3v) is 4.63. The number of benzene rings is 2. The minimum Gasteiger partial charge on any atom is -0.496 e. The zero-order valence-corrected chi connectivity index (χ0v) is 14.4. The first-order valence-electron chi connectivity index (χ1n) is 7.67. The lowest BCUT2D eigenvalue weighted by molar-refractivity contribution is 0.416. The molecule has 0 bridgehead atoms. The Morgan fingerprint density at radius 1 is 1.08 bits per heavy atom. The second kappa shape index (κ2) is 7.84. The van der Waals surface area contributed by atoms with E-state index in [1.807, 2.05) is 48.5 Å². The van der Waals surface area contributed by atoms with Crippen molar-refractivity contribution in [1.82, 2.24) is 14.8 Å². The summed E-state index contributed by atoms with van der Waals surface area (Å²) in [5, 5.41) is 9.64. The highest BCUT2D eigenvalue weighted by Crippen LogP contribution is 2.31. The van der Waals surface area contributed by atoms with E-state index in [-0.39, 0.29) is 0 Å². The SMILES string of the molecule is C=CCn1c(SCc2ccccc2)nnc1-c1ccccc1OC. The fourth-order valence-corrected chi connectivity index (χ4v) is 3.34. The fraction of sp³-hybridized carbons (Fsp3) is 0.158. The predicted octanol–water partition coefficient (Wildman–Crippen LogP) is 4.43. The van der Waals surface area contributed by atoms with Crippen LogP contribution in [0.2, 0.25) is 0 Å². The molecule has 0 radical (unpaired) electrons. The number of nitrogens with zero attached hydrogens (tertiary/aromatic N) is 3. The molecule has 122 valence electrons. The smallest absolute Gasteiger partial charge is 0.192 e. The minimum atomic E-state index is 0.650. The molecule has 1 aromatic heterocycles. The Kier molecular flexibility index (Phi) is 5.33. The molecule has 0 unspecified atom stereocenters. The number of ether oxygens (including phenoxy) is 1. The van der Waals surface area contributed by atoms with Gasteiger partial charge in [0.1, 0.15) is 5.75 Å². The fourth-order valence-electron chi connectivity index (χ4n) is 2.44. The van der Waals surface area contributed by atoms with Crippen LogP contribution < -0.4 is 4.74 Å². The summed E-state index contributed by atoms with van der Waals surface area (Å²) < 4.78 is 7.53. The van der Waals surface area contributed by atoms with Gasteiger partial charge in [-0.1, -0.05) is 60.3 Å². The molecule has 5 heteroatoms. The number of hydrogen-bond donors (Lipinski definition) is 0. The van der Waals surface area contributed by atoms with Crippen LogP contribution in [0.3, 0.4) is 0 Å². The van der Waals surface area contributed by atoms with Crippen LogP contribution in [0, 0.1) is 0 Å². The topological polar surface area (TPSA) is 39.9 Å². The number of hydrogen-bond acceptors (Lipinski definition) is 4. The Labute approximate surface area is 146 Å². The van der Waals surface area contributed by atoms with Crippen LogP contribution in [0.5, 0.6) is 5.75 Å². The van der Waals surface area contributed by atoms with Crippen LogP contribution in [0.15, 0.2) is 72.4 Å². The van der Waals surface area contributed by atoms with Crippen molar-refractivity contribution in [3.05, 3.63) is 72.8 Å². The van der Waals surface area contributed by atoms with Crippen LogP contribution in [0.1, 0.15) is 5.56 Å². The van der Waals surface area contributed by atoms with Crippen molar-refractivity contribution in [3.8, 4) is 17.1 Å². The molecule has 3 aromatic rings. The molecule has 0 amide bonds. The normalized spacial score (nSPS) is 10.5. The molecule has 2 aromatic carbocycles. The monoisotopic (exact) mass is 337 g/mol. The molecule has 0 aliphatic carbocycles. The summed E-state index contributed by atoms with van der Waals surface area (Å²) in [6, 6.07) is 18.2. The highest BCUT2D eigenvalue weighted by molar-refractivity contribution is 7.98. The summed E-state index contributed by atoms with van der Waals surface area (Å²) in [7, 11) is 1.66. The average Bonchev–Trinajstić information content (AvgIpc) is 3.03. The molecule has 0 saturated heterocycles. The van der Waals surface area contributed by atoms with Crippen molar-refractivity contribution in [2.75, 3.05) is 7.11 Å². The number of aromatic nitrogens is 3. The van der Waals surface area contributed by atoms with Crippen LogP contribution in [0.25, 0.3) is 11.4 Å². The summed E-state index contributed by atoms with van der Waals surface area (Å²) >= 11 is 1.67. The van der Waals surface area contributed by atoms with Gasteiger partial charge in [0.05, 0.1) is 12.7 Å². The highest BCUT2D eigenvalue weighted by atomic mass is 32.2. The lowest BCUT2D eigenvalue weighted by Gasteiger charge is -2.10. The number of rotatable bonds is 7. The Bertz CT molecular complexity index is 814. The molecule has 3 rings (SSSR count). The first-order chi connectivity index (χ1) is 11.8. The lowest BCUT2D eigenvalue weighted by Crippen LogP contribution is -2.01. The highest BCUT2D eigenvalue weighted by Gasteiger charge is 2.16. The number of para-hydroxylation sites is 1. The summed E-state index contributed by atoms with van der Waals surface area (Å²) in [6.07, 6.45) is 1.86. The van der Waals surface area contributed by atoms with Crippen molar-refractivity contribution in [3.63, 3.8) is 0 Å². The molecule has 24 heavy (non-hydrogen) atoms. The van der Waals surface area contributed by atoms with E-state index in [0.29, 0.717) is 6.54 Å². The number of methoxy groups -OCH3 is 1. The maximum atomic E-state index is 5.46. The third-order valence-electron chi connectivity index (χ3n) is 3.59. The quantitative estimate of drug-likeness (QED) is 0.472. The van der Waals surface area contributed by atoms with Crippen molar-refractivity contribution in [2.24, 2.45) is 0 Å². The largest absolute Gasteiger partial charge is 0.496 e. The second-order valence-electron chi connectivity index (χ2n) is 5.18. The third kappa shape index (κ3) is 3.51. The van der Waals surface area contributed by atoms with Gasteiger partial charge in [0, 0.05) is 12.3 Å². The Hall–Kier alpha value is -2.53. The summed E-state index contributed by atoms with van der Waals surface area (Å²) in [6.45, 7) is 4.51. The zero-order valence-electron chi connectivity index (χ0n) is 13.6. The molecule has 0 atom stereocenters. The first-order valence-corrected chi connectivity index (χ1v) is 8.66. The summed E-state index contributed by atoms with van der Waals surface area (Å²) in [5.41, 5.74) is 2.19. The van der Waals surface area contributed by atoms with Gasteiger partial charge in [-0.3, -0.25) is 4.57 Å². The van der Waals surface area contributed by atoms with Crippen molar-refractivity contribution in [2.45, 2.75) is 17.5 Å². The standard InChI is InChI=1S/C19H19N3OS/c1-3-13-22-18(16-11-7-8-12-17(16)23-2)20-21-19(22)24-14-15-9-5-4-6-10-15/h3-12H,1,13-14H2,2H3. The van der Waals surface area contributed by atoms with E-state index in [0.717, 1.165) is 28.0 Å². The zero-order chi connectivity index (χ0) is 16.8. The van der Waals surface area contributed by atoms with E-state index in [4.69, 9.17) is 4.74 Å². The summed E-state index contributed by atoms with van der Waals surface area (Å²) in [5.74, 6) is 2.43. The van der Waals surface area contributed by atoms with E-state index >= 15 is 0 Å². The van der Waals surface area contributed by atoms with Crippen molar-refractivity contribution < 1.29 is 4.74 Å². The molecule has 0 N–H and O–H groups in total. The molecule has 1 heterocycles. The van der Waals surface area contributed by atoms with Crippen LogP contribution in [0.4, 0.5) is 0 Å². The van der Waals surface area contributed by atoms with Gasteiger partial charge in [0.2, 0.25) is 0 Å².